The van der Waals surface area contributed by atoms with Gasteiger partial charge in [0.15, 0.2) is 0 Å². The van der Waals surface area contributed by atoms with Crippen LogP contribution in [0.2, 0.25) is 0 Å². The van der Waals surface area contributed by atoms with E-state index in [1.54, 1.807) is 6.07 Å². The Morgan fingerprint density at radius 1 is 0.588 bits per heavy atom. The van der Waals surface area contributed by atoms with Crippen molar-refractivity contribution < 1.29 is 30.2 Å². The summed E-state index contributed by atoms with van der Waals surface area (Å²) in [5.74, 6) is 2.01. The molecule has 0 N–H and O–H groups in total. The standard InChI is InChI=1S/C60H44FN4OS.Pt/c1-37(2)50-32-40(44-16-5-8-21-52(44)61)33-51(38(3)4)59(50)64-36-63(54-23-10-11-24-55(54)64)41-30-39(45-19-15-20-49-48-18-7-12-25-57(48)67-60(45)49)31-43(34-41)66-42-27-28-47-46-17-6-9-22-53(46)65(56(47)35-42)58-26-13-14-29-62-58;/h5-33,36-38H,1-4H3;/q-3;. The number of pyridine rings is 1. The predicted octanol–water partition coefficient (Wildman–Crippen LogP) is 17.1. The Labute approximate surface area is 414 Å². The Bertz CT molecular complexity index is 3680. The molecule has 0 bridgehead atoms. The summed E-state index contributed by atoms with van der Waals surface area (Å²) in [6.07, 6.45) is 1.82. The molecule has 11 aromatic rings. The number of halogens is 1. The Balaban J connectivity index is 0.00000507. The first-order valence-electron chi connectivity index (χ1n) is 22.8. The number of aromatic nitrogens is 2. The summed E-state index contributed by atoms with van der Waals surface area (Å²) in [5.41, 5.74) is 11.8. The number of thiophene rings is 1. The molecule has 336 valence electrons. The fourth-order valence-corrected chi connectivity index (χ4v) is 11.0. The summed E-state index contributed by atoms with van der Waals surface area (Å²) in [5, 5.41) is 4.65. The second-order valence-electron chi connectivity index (χ2n) is 17.8. The number of para-hydroxylation sites is 3. The molecule has 8 heteroatoms. The zero-order valence-corrected chi connectivity index (χ0v) is 40.9. The van der Waals surface area contributed by atoms with Gasteiger partial charge < -0.3 is 19.1 Å². The predicted molar refractivity (Wildman–Crippen MR) is 276 cm³/mol. The normalized spacial score (nSPS) is 12.5. The second kappa shape index (κ2) is 17.6. The van der Waals surface area contributed by atoms with Gasteiger partial charge in [-0.25, -0.2) is 9.37 Å². The molecule has 0 radical (unpaired) electrons. The molecule has 0 amide bonds. The van der Waals surface area contributed by atoms with E-state index >= 15 is 4.39 Å². The average molecular weight is 1080 g/mol. The molecule has 1 aliphatic heterocycles. The van der Waals surface area contributed by atoms with E-state index in [4.69, 9.17) is 9.72 Å². The molecule has 0 fully saturated rings. The molecule has 68 heavy (non-hydrogen) atoms. The minimum absolute atomic E-state index is 0. The van der Waals surface area contributed by atoms with Crippen LogP contribution < -0.4 is 14.5 Å². The monoisotopic (exact) mass is 1080 g/mol. The van der Waals surface area contributed by atoms with Gasteiger partial charge in [-0.1, -0.05) is 124 Å². The molecule has 0 saturated carbocycles. The maximum absolute atomic E-state index is 15.4. The van der Waals surface area contributed by atoms with Crippen molar-refractivity contribution >= 4 is 76.1 Å². The van der Waals surface area contributed by atoms with Crippen molar-refractivity contribution in [3.05, 3.63) is 212 Å². The quantitative estimate of drug-likeness (QED) is 0.135. The topological polar surface area (TPSA) is 33.5 Å². The van der Waals surface area contributed by atoms with Crippen molar-refractivity contribution in [1.82, 2.24) is 9.55 Å². The van der Waals surface area contributed by atoms with E-state index in [9.17, 15) is 0 Å². The minimum Gasteiger partial charge on any atom is -0.509 e. The maximum Gasteiger partial charge on any atom is 0.135 e. The van der Waals surface area contributed by atoms with Gasteiger partial charge in [0.2, 0.25) is 0 Å². The first-order chi connectivity index (χ1) is 32.8. The Kier molecular flexibility index (Phi) is 11.2. The second-order valence-corrected chi connectivity index (χ2v) is 18.8. The summed E-state index contributed by atoms with van der Waals surface area (Å²) in [6, 6.07) is 65.3. The van der Waals surface area contributed by atoms with Crippen LogP contribution in [0.3, 0.4) is 0 Å². The third-order valence-electron chi connectivity index (χ3n) is 12.9. The van der Waals surface area contributed by atoms with Crippen LogP contribution in [0.1, 0.15) is 50.7 Å². The molecule has 0 saturated heterocycles. The van der Waals surface area contributed by atoms with Crippen molar-refractivity contribution in [1.29, 1.82) is 0 Å². The number of ether oxygens (including phenoxy) is 1. The molecule has 3 aromatic heterocycles. The van der Waals surface area contributed by atoms with Crippen LogP contribution in [0.4, 0.5) is 27.1 Å². The molecule has 4 heterocycles. The third-order valence-corrected chi connectivity index (χ3v) is 14.2. The van der Waals surface area contributed by atoms with Gasteiger partial charge in [0, 0.05) is 87.1 Å². The fourth-order valence-electron chi connectivity index (χ4n) is 9.79. The first kappa shape index (κ1) is 43.5. The Hall–Kier alpha value is -7.05. The molecular weight excluding hydrogens is 1040 g/mol. The molecular formula is C60H44FN4OPtS-3. The first-order valence-corrected chi connectivity index (χ1v) is 23.6. The van der Waals surface area contributed by atoms with Gasteiger partial charge in [-0.05, 0) is 94.1 Å². The van der Waals surface area contributed by atoms with E-state index in [1.165, 1.54) is 26.2 Å². The minimum atomic E-state index is -0.225. The summed E-state index contributed by atoms with van der Waals surface area (Å²) >= 11 is 1.81. The number of nitrogens with zero attached hydrogens (tertiary/aromatic N) is 4. The summed E-state index contributed by atoms with van der Waals surface area (Å²) < 4.78 is 27.0. The van der Waals surface area contributed by atoms with Crippen molar-refractivity contribution in [3.63, 3.8) is 0 Å². The van der Waals surface area contributed by atoms with Crippen LogP contribution in [0.25, 0.3) is 70.0 Å². The molecule has 0 spiro atoms. The summed E-state index contributed by atoms with van der Waals surface area (Å²) in [4.78, 5) is 9.28. The zero-order valence-electron chi connectivity index (χ0n) is 37.8. The van der Waals surface area contributed by atoms with E-state index in [1.807, 2.05) is 53.9 Å². The van der Waals surface area contributed by atoms with Crippen molar-refractivity contribution in [2.45, 2.75) is 39.5 Å². The number of fused-ring (bicyclic) bond motifs is 7. The van der Waals surface area contributed by atoms with Gasteiger partial charge in [0.25, 0.3) is 0 Å². The van der Waals surface area contributed by atoms with Crippen LogP contribution in [0.15, 0.2) is 176 Å². The van der Waals surface area contributed by atoms with Crippen LogP contribution >= 0.6 is 11.3 Å². The maximum atomic E-state index is 15.4. The molecule has 12 rings (SSSR count). The van der Waals surface area contributed by atoms with Gasteiger partial charge in [0.1, 0.15) is 11.6 Å². The van der Waals surface area contributed by atoms with E-state index < -0.39 is 0 Å². The molecule has 0 atom stereocenters. The van der Waals surface area contributed by atoms with Gasteiger partial charge in [-0.2, -0.15) is 6.07 Å². The molecule has 0 unspecified atom stereocenters. The van der Waals surface area contributed by atoms with E-state index in [0.717, 1.165) is 78.2 Å². The third kappa shape index (κ3) is 7.36. The van der Waals surface area contributed by atoms with E-state index in [0.29, 0.717) is 17.1 Å². The molecule has 0 aliphatic carbocycles. The van der Waals surface area contributed by atoms with E-state index in [2.05, 4.69) is 182 Å². The number of rotatable bonds is 9. The Morgan fingerprint density at radius 3 is 2.01 bits per heavy atom. The summed E-state index contributed by atoms with van der Waals surface area (Å²) in [6.45, 7) is 11.0. The number of hydrogen-bond acceptors (Lipinski definition) is 5. The van der Waals surface area contributed by atoms with Crippen molar-refractivity contribution in [2.75, 3.05) is 9.80 Å². The Morgan fingerprint density at radius 2 is 1.25 bits per heavy atom. The molecule has 5 nitrogen and oxygen atoms in total. The smallest absolute Gasteiger partial charge is 0.135 e. The number of anilines is 4. The van der Waals surface area contributed by atoms with Gasteiger partial charge >= 0.3 is 0 Å². The van der Waals surface area contributed by atoms with E-state index in [-0.39, 0.29) is 38.7 Å². The van der Waals surface area contributed by atoms with Crippen molar-refractivity contribution in [3.8, 4) is 39.6 Å². The van der Waals surface area contributed by atoms with Gasteiger partial charge in [-0.15, -0.1) is 65.0 Å². The SMILES string of the molecule is CC(C)c1cc(-c2ccccc2F)cc(C(C)C)c1N1[CH-]N(c2[c-]c(Oc3[c-]c4c(cc3)c3ccccc3n4-c3ccccn3)cc(-c3cccc4c3sc3ccccc34)c2)c2ccccc21.[Pt]. The largest absolute Gasteiger partial charge is 0.509 e. The molecule has 1 aliphatic rings. The zero-order chi connectivity index (χ0) is 45.3. The van der Waals surface area contributed by atoms with Crippen LogP contribution in [-0.4, -0.2) is 9.55 Å². The van der Waals surface area contributed by atoms with Gasteiger partial charge in [0.05, 0.1) is 0 Å². The average Bonchev–Trinajstić information content (AvgIpc) is 4.04. The number of benzene rings is 8. The summed E-state index contributed by atoms with van der Waals surface area (Å²) in [7, 11) is 0. The molecule has 8 aromatic carbocycles. The number of hydrogen-bond donors (Lipinski definition) is 0. The van der Waals surface area contributed by atoms with Crippen LogP contribution in [-0.2, 0) is 21.1 Å². The van der Waals surface area contributed by atoms with Gasteiger partial charge in [-0.3, -0.25) is 0 Å². The fraction of sp³-hybridized carbons (Fsp3) is 0.100. The van der Waals surface area contributed by atoms with Crippen molar-refractivity contribution in [2.24, 2.45) is 0 Å². The van der Waals surface area contributed by atoms with Crippen LogP contribution in [0, 0.1) is 24.6 Å². The van der Waals surface area contributed by atoms with Crippen LogP contribution in [0.5, 0.6) is 11.5 Å².